The Bertz CT molecular complexity index is 775. The summed E-state index contributed by atoms with van der Waals surface area (Å²) in [6, 6.07) is 8.91. The Kier molecular flexibility index (Phi) is 8.03. The Balaban J connectivity index is 1.43. The van der Waals surface area contributed by atoms with Gasteiger partial charge in [0.25, 0.3) is 0 Å². The van der Waals surface area contributed by atoms with Crippen LogP contribution in [0.25, 0.3) is 0 Å². The lowest BCUT2D eigenvalue weighted by atomic mass is 10.1. The van der Waals surface area contributed by atoms with E-state index in [0.29, 0.717) is 12.5 Å². The van der Waals surface area contributed by atoms with Crippen LogP contribution in [0.5, 0.6) is 0 Å². The molecule has 1 aromatic heterocycles. The first kappa shape index (κ1) is 21.7. The zero-order chi connectivity index (χ0) is 20.6. The van der Waals surface area contributed by atoms with Crippen LogP contribution in [0.15, 0.2) is 34.6 Å². The highest BCUT2D eigenvalue weighted by Gasteiger charge is 2.13. The van der Waals surface area contributed by atoms with Gasteiger partial charge in [-0.2, -0.15) is 0 Å². The Morgan fingerprint density at radius 2 is 1.72 bits per heavy atom. The number of hydrogen-bond donors (Lipinski definition) is 2. The summed E-state index contributed by atoms with van der Waals surface area (Å²) in [6.45, 7) is 11.5. The summed E-state index contributed by atoms with van der Waals surface area (Å²) in [5, 5.41) is 9.97. The number of aromatic nitrogens is 1. The van der Waals surface area contributed by atoms with Crippen LogP contribution in [0, 0.1) is 0 Å². The molecule has 1 aliphatic heterocycles. The standard InChI is InChI=1S/C22H34N6S/c1-17(2)20-16-29-21(26-20)14-25-22(23-3)24-13-18-5-7-19(8-6-18)15-28-11-9-27(4)10-12-28/h5-8,16-17H,9-15H2,1-4H3,(H2,23,24,25). The number of piperazine rings is 1. The Hall–Kier alpha value is -1.96. The van der Waals surface area contributed by atoms with Gasteiger partial charge in [0, 0.05) is 51.7 Å². The van der Waals surface area contributed by atoms with Gasteiger partial charge in [0.2, 0.25) is 0 Å². The molecule has 0 saturated carbocycles. The average Bonchev–Trinajstić information content (AvgIpc) is 3.20. The van der Waals surface area contributed by atoms with Crippen LogP contribution >= 0.6 is 11.3 Å². The lowest BCUT2D eigenvalue weighted by Crippen LogP contribution is -2.43. The fraction of sp³-hybridized carbons (Fsp3) is 0.545. The van der Waals surface area contributed by atoms with Crippen LogP contribution < -0.4 is 10.6 Å². The van der Waals surface area contributed by atoms with Gasteiger partial charge >= 0.3 is 0 Å². The van der Waals surface area contributed by atoms with E-state index in [1.165, 1.54) is 11.1 Å². The molecule has 158 valence electrons. The summed E-state index contributed by atoms with van der Waals surface area (Å²) >= 11 is 1.70. The summed E-state index contributed by atoms with van der Waals surface area (Å²) in [5.74, 6) is 1.27. The highest BCUT2D eigenvalue weighted by atomic mass is 32.1. The molecule has 1 aliphatic rings. The van der Waals surface area contributed by atoms with Crippen LogP contribution in [0.3, 0.4) is 0 Å². The van der Waals surface area contributed by atoms with Gasteiger partial charge in [-0.15, -0.1) is 11.3 Å². The molecule has 1 saturated heterocycles. The number of aliphatic imine (C=N–C) groups is 1. The minimum atomic E-state index is 0.469. The first-order valence-corrected chi connectivity index (χ1v) is 11.3. The SMILES string of the molecule is CN=C(NCc1ccc(CN2CCN(C)CC2)cc1)NCc1nc(C(C)C)cs1. The van der Waals surface area contributed by atoms with Crippen molar-refractivity contribution in [2.45, 2.75) is 39.4 Å². The van der Waals surface area contributed by atoms with E-state index in [2.05, 4.69) is 81.0 Å². The predicted molar refractivity (Wildman–Crippen MR) is 122 cm³/mol. The van der Waals surface area contributed by atoms with Gasteiger partial charge < -0.3 is 15.5 Å². The highest BCUT2D eigenvalue weighted by molar-refractivity contribution is 7.09. The maximum Gasteiger partial charge on any atom is 0.191 e. The number of benzene rings is 1. The Labute approximate surface area is 179 Å². The summed E-state index contributed by atoms with van der Waals surface area (Å²) in [5.41, 5.74) is 3.79. The first-order valence-electron chi connectivity index (χ1n) is 10.4. The van der Waals surface area contributed by atoms with Crippen molar-refractivity contribution in [2.24, 2.45) is 4.99 Å². The monoisotopic (exact) mass is 414 g/mol. The smallest absolute Gasteiger partial charge is 0.191 e. The van der Waals surface area contributed by atoms with E-state index >= 15 is 0 Å². The van der Waals surface area contributed by atoms with Crippen LogP contribution in [0.1, 0.15) is 41.6 Å². The number of likely N-dealkylation sites (N-methyl/N-ethyl adjacent to an activating group) is 1. The minimum Gasteiger partial charge on any atom is -0.352 e. The zero-order valence-corrected chi connectivity index (χ0v) is 18.9. The van der Waals surface area contributed by atoms with Crippen molar-refractivity contribution in [1.29, 1.82) is 0 Å². The highest BCUT2D eigenvalue weighted by Crippen LogP contribution is 2.17. The van der Waals surface area contributed by atoms with Crippen molar-refractivity contribution in [2.75, 3.05) is 40.3 Å². The maximum absolute atomic E-state index is 4.66. The molecule has 7 heteroatoms. The molecule has 1 aromatic carbocycles. The predicted octanol–water partition coefficient (Wildman–Crippen LogP) is 2.88. The van der Waals surface area contributed by atoms with Crippen molar-refractivity contribution < 1.29 is 0 Å². The van der Waals surface area contributed by atoms with Crippen LogP contribution in [0.2, 0.25) is 0 Å². The van der Waals surface area contributed by atoms with E-state index in [1.807, 2.05) is 0 Å². The van der Waals surface area contributed by atoms with Gasteiger partial charge in [0.05, 0.1) is 12.2 Å². The molecule has 2 aromatic rings. The van der Waals surface area contributed by atoms with E-state index in [4.69, 9.17) is 0 Å². The van der Waals surface area contributed by atoms with E-state index < -0.39 is 0 Å². The van der Waals surface area contributed by atoms with Crippen molar-refractivity contribution in [3.05, 3.63) is 51.5 Å². The molecular weight excluding hydrogens is 380 g/mol. The molecule has 0 bridgehead atoms. The second kappa shape index (κ2) is 10.7. The molecule has 0 aliphatic carbocycles. The molecule has 0 amide bonds. The molecule has 0 unspecified atom stereocenters. The largest absolute Gasteiger partial charge is 0.352 e. The molecule has 6 nitrogen and oxygen atoms in total. The Morgan fingerprint density at radius 3 is 2.34 bits per heavy atom. The van der Waals surface area contributed by atoms with Crippen LogP contribution in [-0.2, 0) is 19.6 Å². The van der Waals surface area contributed by atoms with E-state index in [9.17, 15) is 0 Å². The van der Waals surface area contributed by atoms with Crippen molar-refractivity contribution in [3.8, 4) is 0 Å². The number of rotatable bonds is 7. The molecule has 2 N–H and O–H groups in total. The fourth-order valence-electron chi connectivity index (χ4n) is 3.26. The number of guanidine groups is 1. The summed E-state index contributed by atoms with van der Waals surface area (Å²) < 4.78 is 0. The molecule has 0 spiro atoms. The van der Waals surface area contributed by atoms with Gasteiger partial charge in [0.15, 0.2) is 5.96 Å². The first-order chi connectivity index (χ1) is 14.0. The lowest BCUT2D eigenvalue weighted by Gasteiger charge is -2.32. The van der Waals surface area contributed by atoms with E-state index in [1.54, 1.807) is 18.4 Å². The average molecular weight is 415 g/mol. The van der Waals surface area contributed by atoms with Crippen LogP contribution in [0.4, 0.5) is 0 Å². The fourth-order valence-corrected chi connectivity index (χ4v) is 4.16. The normalized spacial score (nSPS) is 16.4. The van der Waals surface area contributed by atoms with Gasteiger partial charge in [-0.05, 0) is 24.1 Å². The third-order valence-corrected chi connectivity index (χ3v) is 6.14. The van der Waals surface area contributed by atoms with E-state index in [-0.39, 0.29) is 0 Å². The topological polar surface area (TPSA) is 55.8 Å². The maximum atomic E-state index is 4.66. The Morgan fingerprint density at radius 1 is 1.07 bits per heavy atom. The van der Waals surface area contributed by atoms with Crippen LogP contribution in [-0.4, -0.2) is 61.0 Å². The summed E-state index contributed by atoms with van der Waals surface area (Å²) in [4.78, 5) is 13.9. The quantitative estimate of drug-likeness (QED) is 0.539. The van der Waals surface area contributed by atoms with Crippen molar-refractivity contribution in [1.82, 2.24) is 25.4 Å². The van der Waals surface area contributed by atoms with Crippen molar-refractivity contribution in [3.63, 3.8) is 0 Å². The third-order valence-electron chi connectivity index (χ3n) is 5.28. The van der Waals surface area contributed by atoms with Gasteiger partial charge in [-0.3, -0.25) is 9.89 Å². The second-order valence-electron chi connectivity index (χ2n) is 8.00. The lowest BCUT2D eigenvalue weighted by molar-refractivity contribution is 0.148. The zero-order valence-electron chi connectivity index (χ0n) is 18.1. The number of nitrogens with zero attached hydrogens (tertiary/aromatic N) is 4. The molecule has 0 radical (unpaired) electrons. The molecule has 2 heterocycles. The number of hydrogen-bond acceptors (Lipinski definition) is 5. The van der Waals surface area contributed by atoms with Gasteiger partial charge in [-0.25, -0.2) is 4.98 Å². The molecule has 3 rings (SSSR count). The third kappa shape index (κ3) is 6.80. The molecule has 0 atom stereocenters. The minimum absolute atomic E-state index is 0.469. The molecule has 1 fully saturated rings. The second-order valence-corrected chi connectivity index (χ2v) is 8.94. The van der Waals surface area contributed by atoms with Gasteiger partial charge in [-0.1, -0.05) is 38.1 Å². The molecular formula is C22H34N6S. The van der Waals surface area contributed by atoms with E-state index in [0.717, 1.165) is 55.9 Å². The number of nitrogens with one attached hydrogen (secondary N) is 2. The van der Waals surface area contributed by atoms with Gasteiger partial charge in [0.1, 0.15) is 5.01 Å². The number of thiazole rings is 1. The summed E-state index contributed by atoms with van der Waals surface area (Å²) in [7, 11) is 4.00. The van der Waals surface area contributed by atoms with Crippen molar-refractivity contribution >= 4 is 17.3 Å². The molecule has 29 heavy (non-hydrogen) atoms. The summed E-state index contributed by atoms with van der Waals surface area (Å²) in [6.07, 6.45) is 0.